The number of hydrogen-bond donors (Lipinski definition) is 1. The molecular weight excluding hydrogens is 370 g/mol. The highest BCUT2D eigenvalue weighted by atomic mass is 35.5. The zero-order valence-corrected chi connectivity index (χ0v) is 18.1. The zero-order chi connectivity index (χ0) is 19.9. The first-order chi connectivity index (χ1) is 13.4. The van der Waals surface area contributed by atoms with Gasteiger partial charge in [-0.3, -0.25) is 9.80 Å². The Morgan fingerprint density at radius 3 is 2.50 bits per heavy atom. The van der Waals surface area contributed by atoms with Crippen LogP contribution in [-0.2, 0) is 4.79 Å². The van der Waals surface area contributed by atoms with Crippen molar-refractivity contribution in [1.29, 1.82) is 0 Å². The number of rotatable bonds is 6. The molecule has 2 aliphatic carbocycles. The van der Waals surface area contributed by atoms with Gasteiger partial charge in [0.15, 0.2) is 0 Å². The van der Waals surface area contributed by atoms with Crippen LogP contribution < -0.4 is 5.32 Å². The average molecular weight is 402 g/mol. The number of hydrogen-bond acceptors (Lipinski definition) is 3. The van der Waals surface area contributed by atoms with Crippen molar-refractivity contribution in [1.82, 2.24) is 10.3 Å². The summed E-state index contributed by atoms with van der Waals surface area (Å²) >= 11 is 6.07. The average Bonchev–Trinajstić information content (AvgIpc) is 3.28. The summed E-state index contributed by atoms with van der Waals surface area (Å²) in [5, 5.41) is 11.1. The predicted molar refractivity (Wildman–Crippen MR) is 114 cm³/mol. The van der Waals surface area contributed by atoms with Gasteiger partial charge in [-0.05, 0) is 68.1 Å². The van der Waals surface area contributed by atoms with E-state index in [1.165, 1.54) is 31.2 Å². The molecule has 28 heavy (non-hydrogen) atoms. The van der Waals surface area contributed by atoms with E-state index in [0.717, 1.165) is 24.4 Å². The molecule has 0 aromatic heterocycles. The first-order valence-corrected chi connectivity index (χ1v) is 11.2. The van der Waals surface area contributed by atoms with Gasteiger partial charge in [0, 0.05) is 23.5 Å². The van der Waals surface area contributed by atoms with Crippen molar-refractivity contribution in [2.24, 2.45) is 16.4 Å². The highest BCUT2D eigenvalue weighted by Crippen LogP contribution is 2.60. The second kappa shape index (κ2) is 7.37. The van der Waals surface area contributed by atoms with Gasteiger partial charge in [-0.1, -0.05) is 44.0 Å². The number of nitrogens with zero attached hydrogens (tertiary/aromatic N) is 2. The lowest BCUT2D eigenvalue weighted by Gasteiger charge is -2.39. The lowest BCUT2D eigenvalue weighted by atomic mass is 9.76. The first-order valence-electron chi connectivity index (χ1n) is 10.8. The number of nitrogens with one attached hydrogen (secondary N) is 1. The summed E-state index contributed by atoms with van der Waals surface area (Å²) in [6, 6.07) is 8.08. The van der Waals surface area contributed by atoms with E-state index < -0.39 is 0 Å². The van der Waals surface area contributed by atoms with Crippen LogP contribution in [0.25, 0.3) is 0 Å². The summed E-state index contributed by atoms with van der Waals surface area (Å²) in [6.07, 6.45) is 7.74. The number of carbonyl (C=O) groups excluding carboxylic acids is 1. The maximum atomic E-state index is 13.2. The Hall–Kier alpha value is -1.55. The Morgan fingerprint density at radius 2 is 1.93 bits per heavy atom. The quantitative estimate of drug-likeness (QED) is 0.700. The van der Waals surface area contributed by atoms with Gasteiger partial charge in [-0.15, -0.1) is 0 Å². The topological polar surface area (TPSA) is 44.7 Å². The molecule has 5 heteroatoms. The van der Waals surface area contributed by atoms with Gasteiger partial charge in [0.05, 0.1) is 6.04 Å². The van der Waals surface area contributed by atoms with E-state index in [1.54, 1.807) is 0 Å². The van der Waals surface area contributed by atoms with Crippen molar-refractivity contribution in [3.63, 3.8) is 0 Å². The van der Waals surface area contributed by atoms with Crippen LogP contribution >= 0.6 is 11.6 Å². The van der Waals surface area contributed by atoms with Crippen LogP contribution in [0.5, 0.6) is 0 Å². The monoisotopic (exact) mass is 401 g/mol. The van der Waals surface area contributed by atoms with Crippen molar-refractivity contribution < 1.29 is 4.79 Å². The molecule has 2 atom stereocenters. The Morgan fingerprint density at radius 1 is 1.25 bits per heavy atom. The highest BCUT2D eigenvalue weighted by molar-refractivity contribution is 6.39. The number of amides is 1. The fourth-order valence-electron chi connectivity index (χ4n) is 5.60. The van der Waals surface area contributed by atoms with E-state index >= 15 is 0 Å². The van der Waals surface area contributed by atoms with Crippen LogP contribution in [0.2, 0.25) is 5.02 Å². The number of carbonyl (C=O) groups is 1. The Balaban J connectivity index is 1.52. The minimum Gasteiger partial charge on any atom is -0.345 e. The molecule has 1 aliphatic heterocycles. The molecule has 4 rings (SSSR count). The van der Waals surface area contributed by atoms with E-state index in [-0.39, 0.29) is 22.9 Å². The van der Waals surface area contributed by atoms with Crippen LogP contribution in [0.4, 0.5) is 0 Å². The van der Waals surface area contributed by atoms with Gasteiger partial charge in [0.1, 0.15) is 5.71 Å². The van der Waals surface area contributed by atoms with Gasteiger partial charge in [-0.2, -0.15) is 5.10 Å². The number of benzene rings is 1. The molecule has 1 unspecified atom stereocenters. The van der Waals surface area contributed by atoms with Crippen molar-refractivity contribution >= 4 is 23.2 Å². The molecule has 2 fully saturated rings. The molecule has 1 heterocycles. The van der Waals surface area contributed by atoms with E-state index in [4.69, 9.17) is 16.7 Å². The highest BCUT2D eigenvalue weighted by Gasteiger charge is 2.59. The van der Waals surface area contributed by atoms with Crippen LogP contribution in [0.15, 0.2) is 29.4 Å². The number of unbranched alkanes of at least 4 members (excludes halogenated alkanes) is 1. The van der Waals surface area contributed by atoms with E-state index in [2.05, 4.69) is 43.2 Å². The lowest BCUT2D eigenvalue weighted by Crippen LogP contribution is -2.55. The molecule has 1 N–H and O–H groups in total. The number of halogens is 1. The van der Waals surface area contributed by atoms with Gasteiger partial charge >= 0.3 is 0 Å². The molecule has 1 aromatic carbocycles. The fraction of sp³-hybridized carbons (Fsp3) is 0.652. The molecule has 0 saturated heterocycles. The van der Waals surface area contributed by atoms with Crippen molar-refractivity contribution in [2.75, 3.05) is 6.54 Å². The molecule has 2 bridgehead atoms. The third-order valence-corrected chi connectivity index (χ3v) is 8.04. The Bertz CT molecular complexity index is 767. The molecule has 1 aromatic rings. The van der Waals surface area contributed by atoms with E-state index in [1.807, 2.05) is 12.1 Å². The Labute approximate surface area is 173 Å². The van der Waals surface area contributed by atoms with E-state index in [0.29, 0.717) is 18.1 Å². The molecule has 1 amide bonds. The van der Waals surface area contributed by atoms with Gasteiger partial charge < -0.3 is 5.32 Å². The second-order valence-corrected chi connectivity index (χ2v) is 9.76. The van der Waals surface area contributed by atoms with Gasteiger partial charge in [-0.25, -0.2) is 0 Å². The van der Waals surface area contributed by atoms with Crippen LogP contribution in [-0.4, -0.2) is 28.7 Å². The lowest BCUT2D eigenvalue weighted by molar-refractivity contribution is -0.117. The van der Waals surface area contributed by atoms with E-state index in [9.17, 15) is 4.79 Å². The van der Waals surface area contributed by atoms with Gasteiger partial charge in [0.2, 0.25) is 0 Å². The summed E-state index contributed by atoms with van der Waals surface area (Å²) in [5.41, 5.74) is 1.97. The standard InChI is InChI=1S/C23H32ClN3O/c1-4-5-14-27-20(16-6-8-18(24)9-7-16)15-19(26-27)21(28)25-23(3)17-10-12-22(23,2)13-11-17/h6-9,17,20H,4-5,10-15H2,1-3H3,(H,25,28)/t17-,20?,22+,23-/m0/s1. The SMILES string of the molecule is CCCCN1N=C(C(=O)N[C@@]2(C)[C@H]3CC[C@]2(C)CC3)CC1c1ccc(Cl)cc1. The molecule has 4 nitrogen and oxygen atoms in total. The van der Waals surface area contributed by atoms with Crippen LogP contribution in [0.3, 0.4) is 0 Å². The zero-order valence-electron chi connectivity index (χ0n) is 17.3. The van der Waals surface area contributed by atoms with Crippen molar-refractivity contribution in [3.05, 3.63) is 34.9 Å². The van der Waals surface area contributed by atoms with Crippen LogP contribution in [0, 0.1) is 11.3 Å². The third-order valence-electron chi connectivity index (χ3n) is 7.79. The summed E-state index contributed by atoms with van der Waals surface area (Å²) in [4.78, 5) is 13.2. The maximum absolute atomic E-state index is 13.2. The molecule has 0 radical (unpaired) electrons. The second-order valence-electron chi connectivity index (χ2n) is 9.33. The summed E-state index contributed by atoms with van der Waals surface area (Å²) < 4.78 is 0. The van der Waals surface area contributed by atoms with Gasteiger partial charge in [0.25, 0.3) is 5.91 Å². The largest absolute Gasteiger partial charge is 0.345 e. The minimum atomic E-state index is -0.0980. The molecular formula is C23H32ClN3O. The smallest absolute Gasteiger partial charge is 0.268 e. The fourth-order valence-corrected chi connectivity index (χ4v) is 5.72. The normalized spacial score (nSPS) is 34.0. The number of fused-ring (bicyclic) bond motifs is 2. The molecule has 152 valence electrons. The maximum Gasteiger partial charge on any atom is 0.268 e. The molecule has 2 saturated carbocycles. The summed E-state index contributed by atoms with van der Waals surface area (Å²) in [7, 11) is 0. The first kappa shape index (κ1) is 19.8. The minimum absolute atomic E-state index is 0.0282. The summed E-state index contributed by atoms with van der Waals surface area (Å²) in [6.45, 7) is 7.66. The third kappa shape index (κ3) is 3.24. The van der Waals surface area contributed by atoms with Crippen LogP contribution in [0.1, 0.15) is 77.3 Å². The number of hydrazone groups is 1. The molecule has 3 aliphatic rings. The summed E-state index contributed by atoms with van der Waals surface area (Å²) in [5.74, 6) is 0.632. The predicted octanol–water partition coefficient (Wildman–Crippen LogP) is 5.33. The molecule has 0 spiro atoms. The van der Waals surface area contributed by atoms with Crippen molar-refractivity contribution in [2.45, 2.75) is 77.3 Å². The van der Waals surface area contributed by atoms with Crippen molar-refractivity contribution in [3.8, 4) is 0 Å². The Kier molecular flexibility index (Phi) is 5.20.